The molecule has 1 fully saturated rings. The normalized spacial score (nSPS) is 17.0. The molecule has 2 aromatic heterocycles. The first-order valence-electron chi connectivity index (χ1n) is 9.55. The summed E-state index contributed by atoms with van der Waals surface area (Å²) < 4.78 is 11.3. The molecule has 1 N–H and O–H groups in total. The molecule has 3 aromatic rings. The van der Waals surface area contributed by atoms with Gasteiger partial charge in [0.15, 0.2) is 11.9 Å². The van der Waals surface area contributed by atoms with Gasteiger partial charge in [-0.3, -0.25) is 10.1 Å². The Kier molecular flexibility index (Phi) is 6.15. The highest BCUT2D eigenvalue weighted by atomic mass is 32.1. The molecule has 1 aliphatic rings. The van der Waals surface area contributed by atoms with Gasteiger partial charge in [-0.15, -0.1) is 10.2 Å². The Balaban J connectivity index is 1.34. The second-order valence-corrected chi connectivity index (χ2v) is 7.89. The number of aromatic nitrogens is 4. The summed E-state index contributed by atoms with van der Waals surface area (Å²) in [5.41, 5.74) is 1.89. The maximum atomic E-state index is 12.6. The minimum absolute atomic E-state index is 0.0252. The van der Waals surface area contributed by atoms with Crippen LogP contribution in [0, 0.1) is 6.92 Å². The van der Waals surface area contributed by atoms with Crippen molar-refractivity contribution in [3.05, 3.63) is 53.7 Å². The van der Waals surface area contributed by atoms with E-state index in [-0.39, 0.29) is 12.0 Å². The highest BCUT2D eigenvalue weighted by Gasteiger charge is 2.27. The highest BCUT2D eigenvalue weighted by Crippen LogP contribution is 2.28. The SMILES string of the molecule is CO[C@H](C(=O)Nc1nnc(O[C@@H]2CCN(c3cccnn3)C2)s1)c1ccc(C)cc1. The van der Waals surface area contributed by atoms with Crippen molar-refractivity contribution in [2.75, 3.05) is 30.4 Å². The number of methoxy groups -OCH3 is 1. The second kappa shape index (κ2) is 9.14. The van der Waals surface area contributed by atoms with Gasteiger partial charge in [0, 0.05) is 26.3 Å². The molecular formula is C20H22N6O3S. The summed E-state index contributed by atoms with van der Waals surface area (Å²) in [6.07, 6.45) is 1.74. The molecule has 0 saturated carbocycles. The van der Waals surface area contributed by atoms with E-state index < -0.39 is 6.10 Å². The molecule has 4 rings (SSSR count). The van der Waals surface area contributed by atoms with Gasteiger partial charge in [0.05, 0.1) is 6.54 Å². The van der Waals surface area contributed by atoms with Crippen molar-refractivity contribution < 1.29 is 14.3 Å². The van der Waals surface area contributed by atoms with Crippen LogP contribution in [0.4, 0.5) is 10.9 Å². The molecule has 1 amide bonds. The minimum atomic E-state index is -0.728. The molecule has 156 valence electrons. The number of carbonyl (C=O) groups is 1. The van der Waals surface area contributed by atoms with E-state index in [0.29, 0.717) is 16.9 Å². The number of hydrogen-bond donors (Lipinski definition) is 1. The molecule has 10 heteroatoms. The van der Waals surface area contributed by atoms with Crippen LogP contribution in [0.15, 0.2) is 42.6 Å². The fourth-order valence-electron chi connectivity index (χ4n) is 3.25. The number of aryl methyl sites for hydroxylation is 1. The van der Waals surface area contributed by atoms with E-state index in [1.54, 1.807) is 6.20 Å². The smallest absolute Gasteiger partial charge is 0.296 e. The van der Waals surface area contributed by atoms with Gasteiger partial charge in [0.1, 0.15) is 6.10 Å². The molecule has 30 heavy (non-hydrogen) atoms. The molecule has 1 saturated heterocycles. The van der Waals surface area contributed by atoms with Crippen molar-refractivity contribution in [1.29, 1.82) is 0 Å². The predicted octanol–water partition coefficient (Wildman–Crippen LogP) is 2.62. The zero-order valence-electron chi connectivity index (χ0n) is 16.7. The lowest BCUT2D eigenvalue weighted by atomic mass is 10.1. The van der Waals surface area contributed by atoms with Crippen LogP contribution in [0.2, 0.25) is 0 Å². The van der Waals surface area contributed by atoms with E-state index in [1.165, 1.54) is 18.4 Å². The number of rotatable bonds is 7. The summed E-state index contributed by atoms with van der Waals surface area (Å²) in [5.74, 6) is 0.522. The average Bonchev–Trinajstić information content (AvgIpc) is 3.40. The molecule has 1 aliphatic heterocycles. The van der Waals surface area contributed by atoms with Crippen LogP contribution < -0.4 is 15.0 Å². The summed E-state index contributed by atoms with van der Waals surface area (Å²) in [4.78, 5) is 14.7. The number of carbonyl (C=O) groups excluding carboxylic acids is 1. The third kappa shape index (κ3) is 4.71. The zero-order valence-corrected chi connectivity index (χ0v) is 17.5. The first-order valence-corrected chi connectivity index (χ1v) is 10.4. The van der Waals surface area contributed by atoms with Crippen LogP contribution in [0.3, 0.4) is 0 Å². The lowest BCUT2D eigenvalue weighted by molar-refractivity contribution is -0.126. The standard InChI is InChI=1S/C20H22N6O3S/c1-13-5-7-14(8-6-13)17(28-2)18(27)22-19-24-25-20(30-19)29-15-9-11-26(12-15)16-4-3-10-21-23-16/h3-8,10,15,17H,9,11-12H2,1-2H3,(H,22,24,27)/t15-,17+/m1/s1. The van der Waals surface area contributed by atoms with E-state index in [4.69, 9.17) is 9.47 Å². The average molecular weight is 427 g/mol. The van der Waals surface area contributed by atoms with Crippen molar-refractivity contribution in [2.45, 2.75) is 25.6 Å². The Morgan fingerprint density at radius 3 is 2.80 bits per heavy atom. The van der Waals surface area contributed by atoms with Crippen LogP contribution in [0.5, 0.6) is 5.19 Å². The van der Waals surface area contributed by atoms with E-state index in [1.807, 2.05) is 43.3 Å². The number of ether oxygens (including phenoxy) is 2. The van der Waals surface area contributed by atoms with E-state index in [2.05, 4.69) is 30.6 Å². The fraction of sp³-hybridized carbons (Fsp3) is 0.350. The number of nitrogens with one attached hydrogen (secondary N) is 1. The molecule has 0 radical (unpaired) electrons. The van der Waals surface area contributed by atoms with Gasteiger partial charge >= 0.3 is 0 Å². The summed E-state index contributed by atoms with van der Waals surface area (Å²) in [6.45, 7) is 3.52. The number of anilines is 2. The monoisotopic (exact) mass is 426 g/mol. The van der Waals surface area contributed by atoms with Gasteiger partial charge in [-0.05, 0) is 36.0 Å². The van der Waals surface area contributed by atoms with Crippen molar-refractivity contribution >= 4 is 28.2 Å². The second-order valence-electron chi connectivity index (χ2n) is 6.95. The van der Waals surface area contributed by atoms with Crippen molar-refractivity contribution in [1.82, 2.24) is 20.4 Å². The Hall–Kier alpha value is -3.11. The molecule has 0 bridgehead atoms. The fourth-order valence-corrected chi connectivity index (χ4v) is 3.92. The topological polar surface area (TPSA) is 102 Å². The first kappa shape index (κ1) is 20.2. The molecule has 1 aromatic carbocycles. The van der Waals surface area contributed by atoms with Crippen LogP contribution in [0.25, 0.3) is 0 Å². The van der Waals surface area contributed by atoms with E-state index in [9.17, 15) is 4.79 Å². The Labute approximate surface area is 178 Å². The third-order valence-electron chi connectivity index (χ3n) is 4.79. The maximum absolute atomic E-state index is 12.6. The summed E-state index contributed by atoms with van der Waals surface area (Å²) in [6, 6.07) is 11.4. The number of amides is 1. The van der Waals surface area contributed by atoms with Gasteiger partial charge < -0.3 is 14.4 Å². The summed E-state index contributed by atoms with van der Waals surface area (Å²) in [5, 5.41) is 19.7. The molecule has 0 unspecified atom stereocenters. The molecule has 9 nitrogen and oxygen atoms in total. The molecule has 0 spiro atoms. The molecule has 0 aliphatic carbocycles. The van der Waals surface area contributed by atoms with Crippen molar-refractivity contribution in [2.24, 2.45) is 0 Å². The lowest BCUT2D eigenvalue weighted by Gasteiger charge is -2.16. The van der Waals surface area contributed by atoms with Crippen LogP contribution in [-0.2, 0) is 9.53 Å². The number of benzene rings is 1. The third-order valence-corrected chi connectivity index (χ3v) is 5.51. The van der Waals surface area contributed by atoms with Crippen molar-refractivity contribution in [3.63, 3.8) is 0 Å². The lowest BCUT2D eigenvalue weighted by Crippen LogP contribution is -2.25. The Morgan fingerprint density at radius 1 is 1.23 bits per heavy atom. The predicted molar refractivity (Wildman–Crippen MR) is 113 cm³/mol. The first-order chi connectivity index (χ1) is 14.6. The van der Waals surface area contributed by atoms with Crippen LogP contribution >= 0.6 is 11.3 Å². The summed E-state index contributed by atoms with van der Waals surface area (Å²) in [7, 11) is 1.50. The Bertz CT molecular complexity index is 982. The van der Waals surface area contributed by atoms with Gasteiger partial charge in [-0.2, -0.15) is 5.10 Å². The van der Waals surface area contributed by atoms with Gasteiger partial charge in [0.2, 0.25) is 5.13 Å². The highest BCUT2D eigenvalue weighted by molar-refractivity contribution is 7.17. The number of nitrogens with zero attached hydrogens (tertiary/aromatic N) is 5. The van der Waals surface area contributed by atoms with Gasteiger partial charge in [0.25, 0.3) is 11.1 Å². The largest absolute Gasteiger partial charge is 0.464 e. The molecule has 2 atom stereocenters. The van der Waals surface area contributed by atoms with Gasteiger partial charge in [-0.1, -0.05) is 34.9 Å². The number of hydrogen-bond acceptors (Lipinski definition) is 9. The van der Waals surface area contributed by atoms with E-state index >= 15 is 0 Å². The van der Waals surface area contributed by atoms with Gasteiger partial charge in [-0.25, -0.2) is 0 Å². The maximum Gasteiger partial charge on any atom is 0.296 e. The van der Waals surface area contributed by atoms with Crippen molar-refractivity contribution in [3.8, 4) is 5.19 Å². The minimum Gasteiger partial charge on any atom is -0.464 e. The molecule has 3 heterocycles. The summed E-state index contributed by atoms with van der Waals surface area (Å²) >= 11 is 1.19. The van der Waals surface area contributed by atoms with Crippen LogP contribution in [0.1, 0.15) is 23.7 Å². The zero-order chi connectivity index (χ0) is 20.9. The van der Waals surface area contributed by atoms with Crippen LogP contribution in [-0.4, -0.2) is 52.6 Å². The quantitative estimate of drug-likeness (QED) is 0.615. The molecular weight excluding hydrogens is 404 g/mol. The Morgan fingerprint density at radius 2 is 2.07 bits per heavy atom. The van der Waals surface area contributed by atoms with E-state index in [0.717, 1.165) is 29.9 Å².